The molecule has 0 aliphatic heterocycles. The number of benzene rings is 1. The van der Waals surface area contributed by atoms with Crippen molar-refractivity contribution in [3.05, 3.63) is 46.3 Å². The second-order valence-electron chi connectivity index (χ2n) is 5.95. The van der Waals surface area contributed by atoms with Gasteiger partial charge in [-0.25, -0.2) is 4.39 Å². The number of hydrogen-bond acceptors (Lipinski definition) is 1. The highest BCUT2D eigenvalue weighted by Gasteiger charge is 2.27. The molecule has 0 spiro atoms. The van der Waals surface area contributed by atoms with Gasteiger partial charge in [-0.1, -0.05) is 37.1 Å². The maximum atomic E-state index is 13.2. The summed E-state index contributed by atoms with van der Waals surface area (Å²) in [7, 11) is 0. The zero-order valence-electron chi connectivity index (χ0n) is 10.8. The molecule has 18 heavy (non-hydrogen) atoms. The summed E-state index contributed by atoms with van der Waals surface area (Å²) in [6, 6.07) is 4.60. The Labute approximate surface area is 113 Å². The van der Waals surface area contributed by atoms with Crippen molar-refractivity contribution in [2.24, 2.45) is 11.1 Å². The molecule has 0 bridgehead atoms. The molecule has 1 aliphatic carbocycles. The van der Waals surface area contributed by atoms with E-state index >= 15 is 0 Å². The van der Waals surface area contributed by atoms with E-state index in [1.54, 1.807) is 6.07 Å². The molecule has 98 valence electrons. The maximum absolute atomic E-state index is 13.2. The van der Waals surface area contributed by atoms with Gasteiger partial charge < -0.3 is 5.73 Å². The molecule has 0 saturated heterocycles. The Balaban J connectivity index is 2.21. The minimum Gasteiger partial charge on any atom is -0.324 e. The smallest absolute Gasteiger partial charge is 0.123 e. The maximum Gasteiger partial charge on any atom is 0.123 e. The van der Waals surface area contributed by atoms with Gasteiger partial charge in [-0.2, -0.15) is 0 Å². The van der Waals surface area contributed by atoms with Crippen molar-refractivity contribution in [3.63, 3.8) is 0 Å². The molecule has 3 heteroatoms. The first kappa shape index (κ1) is 13.6. The first-order valence-electron chi connectivity index (χ1n) is 6.25. The summed E-state index contributed by atoms with van der Waals surface area (Å²) in [6.45, 7) is 4.43. The van der Waals surface area contributed by atoms with Gasteiger partial charge in [0.15, 0.2) is 0 Å². The monoisotopic (exact) mass is 267 g/mol. The van der Waals surface area contributed by atoms with Crippen LogP contribution in [0.25, 0.3) is 0 Å². The highest BCUT2D eigenvalue weighted by Crippen LogP contribution is 2.36. The van der Waals surface area contributed by atoms with E-state index in [4.69, 9.17) is 17.3 Å². The number of rotatable bonds is 2. The topological polar surface area (TPSA) is 26.0 Å². The molecule has 1 nitrogen and oxygen atoms in total. The Hall–Kier alpha value is -0.860. The summed E-state index contributed by atoms with van der Waals surface area (Å²) in [4.78, 5) is 0. The summed E-state index contributed by atoms with van der Waals surface area (Å²) in [5, 5.41) is 0.620. The summed E-state index contributed by atoms with van der Waals surface area (Å²) in [5.74, 6) is -0.241. The van der Waals surface area contributed by atoms with Crippen LogP contribution >= 0.6 is 11.6 Å². The van der Waals surface area contributed by atoms with Crippen molar-refractivity contribution < 1.29 is 4.39 Å². The van der Waals surface area contributed by atoms with Crippen LogP contribution in [0.5, 0.6) is 0 Å². The second kappa shape index (κ2) is 5.02. The van der Waals surface area contributed by atoms with Gasteiger partial charge in [-0.3, -0.25) is 0 Å². The first-order chi connectivity index (χ1) is 8.35. The molecule has 1 aromatic rings. The van der Waals surface area contributed by atoms with Crippen molar-refractivity contribution in [2.45, 2.75) is 39.2 Å². The quantitative estimate of drug-likeness (QED) is 0.803. The van der Waals surface area contributed by atoms with Crippen LogP contribution in [0.4, 0.5) is 4.39 Å². The van der Waals surface area contributed by atoms with Gasteiger partial charge in [0.25, 0.3) is 0 Å². The standard InChI is InChI=1S/C15H19ClFN/c1-15(2)8-10(6-13(18)9-15)5-11-7-12(17)3-4-14(11)16/h3-4,6-7,13H,5,8-9,18H2,1-2H3. The number of allylic oxidation sites excluding steroid dienone is 1. The zero-order chi connectivity index (χ0) is 13.3. The van der Waals surface area contributed by atoms with Crippen molar-refractivity contribution in [1.82, 2.24) is 0 Å². The van der Waals surface area contributed by atoms with Crippen LogP contribution in [0.3, 0.4) is 0 Å². The van der Waals surface area contributed by atoms with Gasteiger partial charge >= 0.3 is 0 Å². The van der Waals surface area contributed by atoms with E-state index in [2.05, 4.69) is 19.9 Å². The molecular formula is C15H19ClFN. The van der Waals surface area contributed by atoms with Gasteiger partial charge in [-0.15, -0.1) is 0 Å². The lowest BCUT2D eigenvalue weighted by molar-refractivity contribution is 0.299. The normalized spacial score (nSPS) is 22.7. The third kappa shape index (κ3) is 3.33. The van der Waals surface area contributed by atoms with Crippen molar-refractivity contribution in [1.29, 1.82) is 0 Å². The van der Waals surface area contributed by atoms with Gasteiger partial charge in [0.2, 0.25) is 0 Å². The fourth-order valence-electron chi connectivity index (χ4n) is 2.79. The van der Waals surface area contributed by atoms with E-state index in [-0.39, 0.29) is 17.3 Å². The lowest BCUT2D eigenvalue weighted by Gasteiger charge is -2.33. The molecule has 1 aromatic carbocycles. The Morgan fingerprint density at radius 2 is 2.17 bits per heavy atom. The van der Waals surface area contributed by atoms with Crippen LogP contribution in [0, 0.1) is 11.2 Å². The Kier molecular flexibility index (Phi) is 3.79. The van der Waals surface area contributed by atoms with Crippen molar-refractivity contribution in [2.75, 3.05) is 0 Å². The number of nitrogens with two attached hydrogens (primary N) is 1. The Bertz CT molecular complexity index is 479. The average molecular weight is 268 g/mol. The number of hydrogen-bond donors (Lipinski definition) is 1. The highest BCUT2D eigenvalue weighted by atomic mass is 35.5. The van der Waals surface area contributed by atoms with Crippen LogP contribution in [-0.4, -0.2) is 6.04 Å². The molecule has 2 N–H and O–H groups in total. The summed E-state index contributed by atoms with van der Waals surface area (Å²) in [6.07, 6.45) is 4.78. The molecule has 0 radical (unpaired) electrons. The Morgan fingerprint density at radius 1 is 1.44 bits per heavy atom. The van der Waals surface area contributed by atoms with E-state index in [9.17, 15) is 4.39 Å². The fourth-order valence-corrected chi connectivity index (χ4v) is 2.97. The van der Waals surface area contributed by atoms with E-state index in [0.717, 1.165) is 18.4 Å². The summed E-state index contributed by atoms with van der Waals surface area (Å²) >= 11 is 6.10. The molecule has 2 rings (SSSR count). The fraction of sp³-hybridized carbons (Fsp3) is 0.467. The minimum atomic E-state index is -0.241. The third-order valence-electron chi connectivity index (χ3n) is 3.37. The van der Waals surface area contributed by atoms with E-state index < -0.39 is 0 Å². The predicted octanol–water partition coefficient (Wildman–Crippen LogP) is 4.10. The van der Waals surface area contributed by atoms with Gasteiger partial charge in [0.1, 0.15) is 5.82 Å². The average Bonchev–Trinajstić information content (AvgIpc) is 2.20. The van der Waals surface area contributed by atoms with Crippen LogP contribution < -0.4 is 5.73 Å². The third-order valence-corrected chi connectivity index (χ3v) is 3.74. The molecule has 0 aromatic heterocycles. The lowest BCUT2D eigenvalue weighted by atomic mass is 9.74. The largest absolute Gasteiger partial charge is 0.324 e. The molecule has 0 heterocycles. The predicted molar refractivity (Wildman–Crippen MR) is 74.2 cm³/mol. The van der Waals surface area contributed by atoms with Crippen molar-refractivity contribution in [3.8, 4) is 0 Å². The Morgan fingerprint density at radius 3 is 2.83 bits per heavy atom. The molecular weight excluding hydrogens is 249 g/mol. The second-order valence-corrected chi connectivity index (χ2v) is 6.35. The van der Waals surface area contributed by atoms with Crippen LogP contribution in [0.15, 0.2) is 29.8 Å². The van der Waals surface area contributed by atoms with E-state index in [1.807, 2.05) is 0 Å². The van der Waals surface area contributed by atoms with Crippen LogP contribution in [0.1, 0.15) is 32.3 Å². The lowest BCUT2D eigenvalue weighted by Crippen LogP contribution is -2.31. The summed E-state index contributed by atoms with van der Waals surface area (Å²) < 4.78 is 13.2. The van der Waals surface area contributed by atoms with Gasteiger partial charge in [-0.05, 0) is 48.4 Å². The molecule has 1 aliphatic rings. The van der Waals surface area contributed by atoms with Crippen molar-refractivity contribution >= 4 is 11.6 Å². The first-order valence-corrected chi connectivity index (χ1v) is 6.63. The molecule has 0 saturated carbocycles. The number of halogens is 2. The molecule has 0 fully saturated rings. The van der Waals surface area contributed by atoms with Gasteiger partial charge in [0.05, 0.1) is 0 Å². The molecule has 1 atom stereocenters. The van der Waals surface area contributed by atoms with E-state index in [0.29, 0.717) is 11.4 Å². The van der Waals surface area contributed by atoms with Gasteiger partial charge in [0, 0.05) is 11.1 Å². The SMILES string of the molecule is CC1(C)CC(Cc2cc(F)ccc2Cl)=CC(N)C1. The summed E-state index contributed by atoms with van der Waals surface area (Å²) in [5.41, 5.74) is 8.35. The highest BCUT2D eigenvalue weighted by molar-refractivity contribution is 6.31. The van der Waals surface area contributed by atoms with Crippen LogP contribution in [-0.2, 0) is 6.42 Å². The molecule has 0 amide bonds. The molecule has 1 unspecified atom stereocenters. The van der Waals surface area contributed by atoms with E-state index in [1.165, 1.54) is 17.7 Å². The van der Waals surface area contributed by atoms with Crippen LogP contribution in [0.2, 0.25) is 5.02 Å². The zero-order valence-corrected chi connectivity index (χ0v) is 11.6. The minimum absolute atomic E-state index is 0.0936.